The Morgan fingerprint density at radius 1 is 0.976 bits per heavy atom. The molecular formula is C31H35Cl2N3O5S. The fourth-order valence-electron chi connectivity index (χ4n) is 5.11. The maximum atomic E-state index is 14.2. The summed E-state index contributed by atoms with van der Waals surface area (Å²) >= 11 is 12.6. The van der Waals surface area contributed by atoms with E-state index < -0.39 is 28.5 Å². The van der Waals surface area contributed by atoms with E-state index >= 15 is 0 Å². The van der Waals surface area contributed by atoms with E-state index in [9.17, 15) is 18.0 Å². The number of anilines is 1. The van der Waals surface area contributed by atoms with Crippen molar-refractivity contribution >= 4 is 50.7 Å². The van der Waals surface area contributed by atoms with E-state index in [1.165, 1.54) is 24.1 Å². The average molecular weight is 633 g/mol. The zero-order chi connectivity index (χ0) is 30.3. The zero-order valence-corrected chi connectivity index (χ0v) is 26.0. The lowest BCUT2D eigenvalue weighted by Crippen LogP contribution is -2.53. The molecule has 0 saturated heterocycles. The highest BCUT2D eigenvalue weighted by Crippen LogP contribution is 2.28. The van der Waals surface area contributed by atoms with E-state index in [0.717, 1.165) is 30.0 Å². The third kappa shape index (κ3) is 7.56. The fourth-order valence-corrected chi connectivity index (χ4v) is 6.84. The smallest absolute Gasteiger partial charge is 0.264 e. The SMILES string of the molecule is CC[C@H](C(=O)NC1CCCC1)N(Cc1ccccc1Cl)C(=O)CN(c1ccc(Cl)cc1)S(=O)(=O)c1ccc(OC)cc1. The van der Waals surface area contributed by atoms with Crippen LogP contribution in [0.15, 0.2) is 77.7 Å². The molecule has 0 spiro atoms. The number of ether oxygens (including phenoxy) is 1. The predicted octanol–water partition coefficient (Wildman–Crippen LogP) is 6.06. The molecule has 224 valence electrons. The molecule has 3 aromatic rings. The number of nitrogens with zero attached hydrogens (tertiary/aromatic N) is 2. The minimum atomic E-state index is -4.21. The maximum Gasteiger partial charge on any atom is 0.264 e. The van der Waals surface area contributed by atoms with Crippen molar-refractivity contribution in [3.05, 3.63) is 88.4 Å². The minimum absolute atomic E-state index is 0.0188. The molecule has 4 rings (SSSR count). The number of halogens is 2. The quantitative estimate of drug-likeness (QED) is 0.262. The van der Waals surface area contributed by atoms with Crippen molar-refractivity contribution in [2.24, 2.45) is 0 Å². The summed E-state index contributed by atoms with van der Waals surface area (Å²) in [5.41, 5.74) is 0.903. The Bertz CT molecular complexity index is 1480. The van der Waals surface area contributed by atoms with Gasteiger partial charge in [-0.05, 0) is 79.4 Å². The highest BCUT2D eigenvalue weighted by Gasteiger charge is 2.34. The summed E-state index contributed by atoms with van der Waals surface area (Å²) in [6.07, 6.45) is 4.21. The predicted molar refractivity (Wildman–Crippen MR) is 165 cm³/mol. The lowest BCUT2D eigenvalue weighted by molar-refractivity contribution is -0.140. The van der Waals surface area contributed by atoms with Crippen LogP contribution in [0.3, 0.4) is 0 Å². The standard InChI is InChI=1S/C31H35Cl2N3O5S/c1-3-29(31(38)34-24-9-5-6-10-24)35(20-22-8-4-7-11-28(22)33)30(37)21-36(25-14-12-23(32)13-15-25)42(39,40)27-18-16-26(41-2)17-19-27/h4,7-8,11-19,24,29H,3,5-6,9-10,20-21H2,1-2H3,(H,34,38)/t29-/m1/s1. The summed E-state index contributed by atoms with van der Waals surface area (Å²) in [5, 5.41) is 3.96. The third-order valence-electron chi connectivity index (χ3n) is 7.43. The van der Waals surface area contributed by atoms with Crippen LogP contribution in [0.2, 0.25) is 10.0 Å². The van der Waals surface area contributed by atoms with Crippen LogP contribution < -0.4 is 14.4 Å². The maximum absolute atomic E-state index is 14.2. The molecule has 8 nitrogen and oxygen atoms in total. The van der Waals surface area contributed by atoms with Gasteiger partial charge in [-0.25, -0.2) is 8.42 Å². The number of rotatable bonds is 12. The van der Waals surface area contributed by atoms with Gasteiger partial charge in [0.2, 0.25) is 11.8 Å². The number of hydrogen-bond acceptors (Lipinski definition) is 5. The molecule has 1 aliphatic rings. The van der Waals surface area contributed by atoms with Crippen molar-refractivity contribution in [1.82, 2.24) is 10.2 Å². The van der Waals surface area contributed by atoms with Gasteiger partial charge in [0.05, 0.1) is 17.7 Å². The number of methoxy groups -OCH3 is 1. The van der Waals surface area contributed by atoms with Gasteiger partial charge in [0.1, 0.15) is 18.3 Å². The van der Waals surface area contributed by atoms with Gasteiger partial charge in [0.25, 0.3) is 10.0 Å². The highest BCUT2D eigenvalue weighted by atomic mass is 35.5. The van der Waals surface area contributed by atoms with Crippen LogP contribution in [-0.4, -0.2) is 50.9 Å². The number of amides is 2. The topological polar surface area (TPSA) is 96.0 Å². The normalized spacial score (nSPS) is 14.3. The van der Waals surface area contributed by atoms with Crippen LogP contribution in [0, 0.1) is 0 Å². The molecular weight excluding hydrogens is 597 g/mol. The van der Waals surface area contributed by atoms with Gasteiger partial charge >= 0.3 is 0 Å². The van der Waals surface area contributed by atoms with Gasteiger partial charge < -0.3 is 15.0 Å². The van der Waals surface area contributed by atoms with Gasteiger partial charge in [-0.1, -0.05) is 61.2 Å². The second-order valence-electron chi connectivity index (χ2n) is 10.2. The van der Waals surface area contributed by atoms with Gasteiger partial charge in [-0.2, -0.15) is 0 Å². The first-order valence-corrected chi connectivity index (χ1v) is 16.1. The van der Waals surface area contributed by atoms with Crippen molar-refractivity contribution in [2.45, 2.75) is 62.6 Å². The number of carbonyl (C=O) groups excluding carboxylic acids is 2. The molecule has 1 N–H and O–H groups in total. The van der Waals surface area contributed by atoms with Crippen molar-refractivity contribution in [2.75, 3.05) is 18.0 Å². The molecule has 0 radical (unpaired) electrons. The number of carbonyl (C=O) groups is 2. The molecule has 0 heterocycles. The van der Waals surface area contributed by atoms with E-state index in [-0.39, 0.29) is 29.1 Å². The van der Waals surface area contributed by atoms with Crippen LogP contribution >= 0.6 is 23.2 Å². The fraction of sp³-hybridized carbons (Fsp3) is 0.355. The van der Waals surface area contributed by atoms with Crippen LogP contribution in [-0.2, 0) is 26.2 Å². The molecule has 1 saturated carbocycles. The Labute approximate surface area is 257 Å². The van der Waals surface area contributed by atoms with E-state index in [4.69, 9.17) is 27.9 Å². The van der Waals surface area contributed by atoms with Crippen LogP contribution in [0.4, 0.5) is 5.69 Å². The van der Waals surface area contributed by atoms with Crippen LogP contribution in [0.5, 0.6) is 5.75 Å². The molecule has 0 unspecified atom stereocenters. The summed E-state index contributed by atoms with van der Waals surface area (Å²) in [5.74, 6) is -0.315. The summed E-state index contributed by atoms with van der Waals surface area (Å²) in [4.78, 5) is 29.1. The molecule has 2 amide bonds. The molecule has 0 bridgehead atoms. The molecule has 11 heteroatoms. The lowest BCUT2D eigenvalue weighted by Gasteiger charge is -2.34. The first kappa shape index (κ1) is 31.7. The van der Waals surface area contributed by atoms with Crippen molar-refractivity contribution < 1.29 is 22.7 Å². The van der Waals surface area contributed by atoms with Gasteiger partial charge in [0.15, 0.2) is 0 Å². The molecule has 0 aliphatic heterocycles. The molecule has 1 aliphatic carbocycles. The molecule has 3 aromatic carbocycles. The number of nitrogens with one attached hydrogen (secondary N) is 1. The second-order valence-corrected chi connectivity index (χ2v) is 12.9. The summed E-state index contributed by atoms with van der Waals surface area (Å²) < 4.78 is 34.2. The molecule has 1 fully saturated rings. The third-order valence-corrected chi connectivity index (χ3v) is 9.84. The first-order chi connectivity index (χ1) is 20.1. The van der Waals surface area contributed by atoms with Crippen LogP contribution in [0.1, 0.15) is 44.6 Å². The van der Waals surface area contributed by atoms with E-state index in [2.05, 4.69) is 5.32 Å². The Morgan fingerprint density at radius 2 is 1.62 bits per heavy atom. The summed E-state index contributed by atoms with van der Waals surface area (Å²) in [6, 6.07) is 18.4. The van der Waals surface area contributed by atoms with E-state index in [1.807, 2.05) is 6.92 Å². The summed E-state index contributed by atoms with van der Waals surface area (Å²) in [7, 11) is -2.72. The van der Waals surface area contributed by atoms with E-state index in [1.54, 1.807) is 60.7 Å². The molecule has 1 atom stereocenters. The number of sulfonamides is 1. The van der Waals surface area contributed by atoms with E-state index in [0.29, 0.717) is 27.8 Å². The van der Waals surface area contributed by atoms with Crippen molar-refractivity contribution in [3.8, 4) is 5.75 Å². The van der Waals surface area contributed by atoms with Crippen molar-refractivity contribution in [1.29, 1.82) is 0 Å². The van der Waals surface area contributed by atoms with Gasteiger partial charge in [-0.3, -0.25) is 13.9 Å². The monoisotopic (exact) mass is 631 g/mol. The number of benzene rings is 3. The molecule has 42 heavy (non-hydrogen) atoms. The highest BCUT2D eigenvalue weighted by molar-refractivity contribution is 7.92. The minimum Gasteiger partial charge on any atom is -0.497 e. The van der Waals surface area contributed by atoms with Gasteiger partial charge in [0, 0.05) is 22.6 Å². The Kier molecular flexibility index (Phi) is 10.8. The van der Waals surface area contributed by atoms with Gasteiger partial charge in [-0.15, -0.1) is 0 Å². The lowest BCUT2D eigenvalue weighted by atomic mass is 10.1. The van der Waals surface area contributed by atoms with Crippen LogP contribution in [0.25, 0.3) is 0 Å². The Morgan fingerprint density at radius 3 is 2.21 bits per heavy atom. The molecule has 0 aromatic heterocycles. The zero-order valence-electron chi connectivity index (χ0n) is 23.6. The second kappa shape index (κ2) is 14.3. The Balaban J connectivity index is 1.71. The van der Waals surface area contributed by atoms with Crippen molar-refractivity contribution in [3.63, 3.8) is 0 Å². The Hall–Kier alpha value is -3.27. The average Bonchev–Trinajstić information content (AvgIpc) is 3.50. The largest absolute Gasteiger partial charge is 0.497 e. The summed E-state index contributed by atoms with van der Waals surface area (Å²) in [6.45, 7) is 1.32. The first-order valence-electron chi connectivity index (χ1n) is 13.9. The number of hydrogen-bond donors (Lipinski definition) is 1.